The van der Waals surface area contributed by atoms with Gasteiger partial charge in [0.25, 0.3) is 0 Å². The van der Waals surface area contributed by atoms with E-state index < -0.39 is 0 Å². The zero-order valence-corrected chi connectivity index (χ0v) is 13.7. The molecule has 1 N–H and O–H groups in total. The van der Waals surface area contributed by atoms with Crippen LogP contribution >= 0.6 is 0 Å². The van der Waals surface area contributed by atoms with Crippen LogP contribution < -0.4 is 10.1 Å². The fourth-order valence-electron chi connectivity index (χ4n) is 2.25. The van der Waals surface area contributed by atoms with Gasteiger partial charge in [-0.2, -0.15) is 5.26 Å². The third kappa shape index (κ3) is 4.70. The van der Waals surface area contributed by atoms with Gasteiger partial charge in [-0.15, -0.1) is 0 Å². The largest absolute Gasteiger partial charge is 0.491 e. The molecule has 5 nitrogen and oxygen atoms in total. The van der Waals surface area contributed by atoms with Gasteiger partial charge < -0.3 is 14.8 Å². The molecule has 1 aromatic carbocycles. The molecule has 0 saturated heterocycles. The number of ether oxygens (including phenoxy) is 2. The monoisotopic (exact) mass is 311 g/mol. The van der Waals surface area contributed by atoms with Crippen molar-refractivity contribution in [2.24, 2.45) is 0 Å². The molecule has 0 radical (unpaired) electrons. The van der Waals surface area contributed by atoms with Gasteiger partial charge in [-0.3, -0.25) is 4.98 Å². The molecule has 120 valence electrons. The summed E-state index contributed by atoms with van der Waals surface area (Å²) in [5, 5.41) is 12.6. The first-order chi connectivity index (χ1) is 11.1. The number of nitriles is 1. The number of methoxy groups -OCH3 is 1. The maximum absolute atomic E-state index is 9.27. The number of aromatic nitrogens is 1. The van der Waals surface area contributed by atoms with Crippen molar-refractivity contribution in [3.8, 4) is 11.8 Å². The Kier molecular flexibility index (Phi) is 5.95. The van der Waals surface area contributed by atoms with Gasteiger partial charge in [0.2, 0.25) is 0 Å². The minimum Gasteiger partial charge on any atom is -0.491 e. The van der Waals surface area contributed by atoms with Crippen LogP contribution in [0.1, 0.15) is 22.5 Å². The Morgan fingerprint density at radius 2 is 1.91 bits per heavy atom. The van der Waals surface area contributed by atoms with Crippen LogP contribution in [0.3, 0.4) is 0 Å². The first-order valence-electron chi connectivity index (χ1n) is 7.47. The van der Waals surface area contributed by atoms with E-state index in [0.717, 1.165) is 28.4 Å². The summed E-state index contributed by atoms with van der Waals surface area (Å²) in [6, 6.07) is 12.0. The molecule has 0 amide bonds. The van der Waals surface area contributed by atoms with Crippen molar-refractivity contribution in [3.63, 3.8) is 0 Å². The van der Waals surface area contributed by atoms with E-state index in [0.29, 0.717) is 25.3 Å². The number of hydrogen-bond acceptors (Lipinski definition) is 5. The van der Waals surface area contributed by atoms with Crippen molar-refractivity contribution in [3.05, 3.63) is 52.8 Å². The minimum absolute atomic E-state index is 0.537. The molecule has 23 heavy (non-hydrogen) atoms. The zero-order valence-electron chi connectivity index (χ0n) is 13.7. The Morgan fingerprint density at radius 1 is 1.17 bits per heavy atom. The number of benzene rings is 1. The normalized spacial score (nSPS) is 10.2. The summed E-state index contributed by atoms with van der Waals surface area (Å²) in [6.45, 7) is 5.51. The average molecular weight is 311 g/mol. The molecule has 0 aliphatic rings. The van der Waals surface area contributed by atoms with Gasteiger partial charge in [0.15, 0.2) is 0 Å². The molecule has 0 bridgehead atoms. The Bertz CT molecular complexity index is 691. The number of aryl methyl sites for hydroxylation is 2. The Balaban J connectivity index is 2.00. The number of hydrogen-bond donors (Lipinski definition) is 1. The maximum Gasteiger partial charge on any atom is 0.119 e. The molecule has 2 rings (SSSR count). The number of pyridine rings is 1. The summed E-state index contributed by atoms with van der Waals surface area (Å²) in [4.78, 5) is 4.32. The predicted octanol–water partition coefficient (Wildman–Crippen LogP) is 3.21. The summed E-state index contributed by atoms with van der Waals surface area (Å²) in [5.74, 6) is 0.819. The van der Waals surface area contributed by atoms with Gasteiger partial charge in [-0.05, 0) is 37.6 Å². The molecule has 0 saturated carbocycles. The molecule has 1 heterocycles. The lowest BCUT2D eigenvalue weighted by molar-refractivity contribution is 0.146. The second-order valence-corrected chi connectivity index (χ2v) is 5.22. The molecular formula is C18H21N3O2. The quantitative estimate of drug-likeness (QED) is 0.795. The average Bonchev–Trinajstić information content (AvgIpc) is 2.54. The molecule has 0 atom stereocenters. The highest BCUT2D eigenvalue weighted by atomic mass is 16.5. The van der Waals surface area contributed by atoms with E-state index in [2.05, 4.69) is 16.4 Å². The van der Waals surface area contributed by atoms with Crippen molar-refractivity contribution in [2.45, 2.75) is 20.4 Å². The van der Waals surface area contributed by atoms with Crippen LogP contribution in [0, 0.1) is 25.2 Å². The highest BCUT2D eigenvalue weighted by Gasteiger charge is 2.07. The summed E-state index contributed by atoms with van der Waals surface area (Å²) in [6.07, 6.45) is 0. The maximum atomic E-state index is 9.27. The molecule has 0 spiro atoms. The van der Waals surface area contributed by atoms with Crippen LogP contribution in [-0.2, 0) is 11.3 Å². The van der Waals surface area contributed by atoms with Gasteiger partial charge in [-0.1, -0.05) is 12.1 Å². The van der Waals surface area contributed by atoms with Crippen LogP contribution in [0.5, 0.6) is 5.75 Å². The summed E-state index contributed by atoms with van der Waals surface area (Å²) < 4.78 is 10.5. The second-order valence-electron chi connectivity index (χ2n) is 5.22. The number of nitrogens with zero attached hydrogens (tertiary/aromatic N) is 2. The Labute approximate surface area is 136 Å². The van der Waals surface area contributed by atoms with E-state index in [9.17, 15) is 5.26 Å². The lowest BCUT2D eigenvalue weighted by Crippen LogP contribution is -2.05. The summed E-state index contributed by atoms with van der Waals surface area (Å²) >= 11 is 0. The van der Waals surface area contributed by atoms with Crippen molar-refractivity contribution in [1.82, 2.24) is 4.98 Å². The number of nitrogens with one attached hydrogen (secondary N) is 1. The number of rotatable bonds is 7. The second kappa shape index (κ2) is 8.16. The van der Waals surface area contributed by atoms with Crippen LogP contribution in [0.15, 0.2) is 30.3 Å². The van der Waals surface area contributed by atoms with E-state index in [1.165, 1.54) is 0 Å². The molecule has 1 aromatic heterocycles. The molecule has 0 aliphatic carbocycles. The van der Waals surface area contributed by atoms with Gasteiger partial charge in [-0.25, -0.2) is 0 Å². The molecule has 0 fully saturated rings. The molecular weight excluding hydrogens is 290 g/mol. The van der Waals surface area contributed by atoms with Crippen LogP contribution in [0.25, 0.3) is 0 Å². The van der Waals surface area contributed by atoms with Gasteiger partial charge in [0.05, 0.1) is 23.6 Å². The highest BCUT2D eigenvalue weighted by Crippen LogP contribution is 2.20. The summed E-state index contributed by atoms with van der Waals surface area (Å²) in [5.41, 5.74) is 4.16. The topological polar surface area (TPSA) is 67.2 Å². The van der Waals surface area contributed by atoms with Crippen LogP contribution in [0.2, 0.25) is 0 Å². The van der Waals surface area contributed by atoms with E-state index in [1.54, 1.807) is 7.11 Å². The Morgan fingerprint density at radius 3 is 2.57 bits per heavy atom. The highest BCUT2D eigenvalue weighted by molar-refractivity contribution is 5.60. The van der Waals surface area contributed by atoms with Crippen molar-refractivity contribution < 1.29 is 9.47 Å². The van der Waals surface area contributed by atoms with Gasteiger partial charge >= 0.3 is 0 Å². The molecule has 0 aliphatic heterocycles. The van der Waals surface area contributed by atoms with Crippen LogP contribution in [0.4, 0.5) is 5.69 Å². The number of anilines is 1. The predicted molar refractivity (Wildman–Crippen MR) is 89.6 cm³/mol. The first kappa shape index (κ1) is 16.8. The third-order valence-electron chi connectivity index (χ3n) is 3.40. The fraction of sp³-hybridized carbons (Fsp3) is 0.333. The van der Waals surface area contributed by atoms with Gasteiger partial charge in [0, 0.05) is 19.3 Å². The van der Waals surface area contributed by atoms with E-state index in [4.69, 9.17) is 9.47 Å². The molecule has 5 heteroatoms. The first-order valence-corrected chi connectivity index (χ1v) is 7.47. The SMILES string of the molecule is COCCOc1ccc(CNc2cc(C)nc(C)c2C#N)cc1. The van der Waals surface area contributed by atoms with Crippen LogP contribution in [-0.4, -0.2) is 25.3 Å². The fourth-order valence-corrected chi connectivity index (χ4v) is 2.25. The third-order valence-corrected chi connectivity index (χ3v) is 3.40. The lowest BCUT2D eigenvalue weighted by Gasteiger charge is -2.11. The van der Waals surface area contributed by atoms with Gasteiger partial charge in [0.1, 0.15) is 18.4 Å². The standard InChI is InChI=1S/C18H21N3O2/c1-13-10-18(17(11-19)14(2)21-13)20-12-15-4-6-16(7-5-15)23-9-8-22-3/h4-7,10H,8-9,12H2,1-3H3,(H,20,21). The lowest BCUT2D eigenvalue weighted by atomic mass is 10.1. The zero-order chi connectivity index (χ0) is 16.7. The molecule has 0 unspecified atom stereocenters. The van der Waals surface area contributed by atoms with Crippen molar-refractivity contribution >= 4 is 5.69 Å². The van der Waals surface area contributed by atoms with E-state index >= 15 is 0 Å². The van der Waals surface area contributed by atoms with E-state index in [-0.39, 0.29) is 0 Å². The smallest absolute Gasteiger partial charge is 0.119 e. The van der Waals surface area contributed by atoms with E-state index in [1.807, 2.05) is 44.2 Å². The van der Waals surface area contributed by atoms with Crippen molar-refractivity contribution in [2.75, 3.05) is 25.6 Å². The minimum atomic E-state index is 0.537. The van der Waals surface area contributed by atoms with Crippen molar-refractivity contribution in [1.29, 1.82) is 5.26 Å². The Hall–Kier alpha value is -2.58. The molecule has 2 aromatic rings. The summed E-state index contributed by atoms with van der Waals surface area (Å²) in [7, 11) is 1.65.